The van der Waals surface area contributed by atoms with E-state index in [4.69, 9.17) is 19.9 Å². The van der Waals surface area contributed by atoms with Crippen LogP contribution < -0.4 is 0 Å². The van der Waals surface area contributed by atoms with E-state index in [2.05, 4.69) is 132 Å². The van der Waals surface area contributed by atoms with Crippen molar-refractivity contribution < 1.29 is 0 Å². The summed E-state index contributed by atoms with van der Waals surface area (Å²) in [4.78, 5) is 20.2. The van der Waals surface area contributed by atoms with E-state index < -0.39 is 0 Å². The van der Waals surface area contributed by atoms with Gasteiger partial charge in [-0.1, -0.05) is 150 Å². The summed E-state index contributed by atoms with van der Waals surface area (Å²) in [5.41, 5.74) is 10.3. The van der Waals surface area contributed by atoms with Gasteiger partial charge in [-0.05, 0) is 47.2 Å². The Morgan fingerprint density at radius 1 is 0.458 bits per heavy atom. The zero-order valence-electron chi connectivity index (χ0n) is 28.3. The normalized spacial score (nSPS) is 11.9. The summed E-state index contributed by atoms with van der Waals surface area (Å²) in [5, 5.41) is 1.11. The first-order valence-corrected chi connectivity index (χ1v) is 16.6. The zero-order valence-corrected chi connectivity index (χ0v) is 28.3. The Morgan fingerprint density at radius 3 is 1.77 bits per heavy atom. The summed E-state index contributed by atoms with van der Waals surface area (Å²) >= 11 is 0. The molecule has 4 nitrogen and oxygen atoms in total. The molecule has 48 heavy (non-hydrogen) atoms. The van der Waals surface area contributed by atoms with Crippen molar-refractivity contribution in [1.82, 2.24) is 19.9 Å². The number of hydrogen-bond donors (Lipinski definition) is 0. The van der Waals surface area contributed by atoms with E-state index in [1.54, 1.807) is 0 Å². The third kappa shape index (κ3) is 6.52. The molecule has 0 N–H and O–H groups in total. The lowest BCUT2D eigenvalue weighted by Crippen LogP contribution is -2.20. The van der Waals surface area contributed by atoms with E-state index >= 15 is 0 Å². The minimum Gasteiger partial charge on any atom is -0.232 e. The van der Waals surface area contributed by atoms with Crippen LogP contribution in [0.25, 0.3) is 56.2 Å². The van der Waals surface area contributed by atoms with Crippen LogP contribution in [0.4, 0.5) is 0 Å². The first-order chi connectivity index (χ1) is 23.1. The van der Waals surface area contributed by atoms with Gasteiger partial charge in [-0.15, -0.1) is 0 Å². The maximum absolute atomic E-state index is 5.12. The van der Waals surface area contributed by atoms with Gasteiger partial charge in [0.15, 0.2) is 11.6 Å². The fourth-order valence-electron chi connectivity index (χ4n) is 6.38. The lowest BCUT2D eigenvalue weighted by molar-refractivity contribution is 0.522. The fraction of sp³-hybridized carbons (Fsp3) is 0.182. The summed E-state index contributed by atoms with van der Waals surface area (Å²) in [6.45, 7) is 11.3. The summed E-state index contributed by atoms with van der Waals surface area (Å²) < 4.78 is 0. The third-order valence-electron chi connectivity index (χ3n) is 8.91. The van der Waals surface area contributed by atoms with Gasteiger partial charge in [0, 0.05) is 33.1 Å². The highest BCUT2D eigenvalue weighted by Crippen LogP contribution is 2.34. The number of benzene rings is 5. The summed E-state index contributed by atoms with van der Waals surface area (Å²) in [5.74, 6) is 1.49. The summed E-state index contributed by atoms with van der Waals surface area (Å²) in [6, 6.07) is 48.5. The molecule has 0 unspecified atom stereocenters. The molecular weight excluding hydrogens is 585 g/mol. The van der Waals surface area contributed by atoms with Crippen molar-refractivity contribution in [1.29, 1.82) is 0 Å². The van der Waals surface area contributed by atoms with E-state index in [1.165, 1.54) is 11.1 Å². The van der Waals surface area contributed by atoms with E-state index in [9.17, 15) is 0 Å². The van der Waals surface area contributed by atoms with Gasteiger partial charge in [-0.25, -0.2) is 19.9 Å². The van der Waals surface area contributed by atoms with Gasteiger partial charge in [0.25, 0.3) is 0 Å². The van der Waals surface area contributed by atoms with Crippen LogP contribution in [0.5, 0.6) is 0 Å². The van der Waals surface area contributed by atoms with Crippen molar-refractivity contribution in [2.24, 2.45) is 0 Å². The Hall–Kier alpha value is -5.48. The first-order valence-electron chi connectivity index (χ1n) is 16.6. The zero-order chi connectivity index (χ0) is 33.3. The van der Waals surface area contributed by atoms with Crippen LogP contribution in [-0.2, 0) is 17.3 Å². The number of nitrogens with zero attached hydrogens (tertiary/aromatic N) is 4. The second kappa shape index (κ2) is 12.6. The number of para-hydroxylation sites is 1. The second-order valence-electron chi connectivity index (χ2n) is 14.2. The quantitative estimate of drug-likeness (QED) is 0.177. The Morgan fingerprint density at radius 2 is 1.04 bits per heavy atom. The molecule has 7 rings (SSSR count). The number of aromatic nitrogens is 4. The predicted molar refractivity (Wildman–Crippen MR) is 199 cm³/mol. The fourth-order valence-corrected chi connectivity index (χ4v) is 6.38. The van der Waals surface area contributed by atoms with Gasteiger partial charge in [-0.2, -0.15) is 0 Å². The Balaban J connectivity index is 1.23. The van der Waals surface area contributed by atoms with Crippen LogP contribution in [0.1, 0.15) is 51.4 Å². The molecule has 0 spiro atoms. The molecule has 0 bridgehead atoms. The molecule has 4 heteroatoms. The maximum atomic E-state index is 5.12. The molecule has 2 heterocycles. The number of rotatable bonds is 7. The lowest BCUT2D eigenvalue weighted by atomic mass is 9.78. The number of fused-ring (bicyclic) bond motifs is 1. The topological polar surface area (TPSA) is 51.6 Å². The van der Waals surface area contributed by atoms with Crippen molar-refractivity contribution >= 4 is 10.9 Å². The van der Waals surface area contributed by atoms with E-state index in [0.717, 1.165) is 68.3 Å². The van der Waals surface area contributed by atoms with Crippen molar-refractivity contribution in [3.63, 3.8) is 0 Å². The molecule has 7 aromatic rings. The van der Waals surface area contributed by atoms with Gasteiger partial charge in [-0.3, -0.25) is 0 Å². The van der Waals surface area contributed by atoms with Crippen LogP contribution in [0.15, 0.2) is 140 Å². The van der Waals surface area contributed by atoms with Crippen molar-refractivity contribution in [2.45, 2.75) is 51.9 Å². The van der Waals surface area contributed by atoms with Crippen LogP contribution in [0.2, 0.25) is 0 Å². The molecule has 0 aliphatic rings. The third-order valence-corrected chi connectivity index (χ3v) is 8.91. The Kier molecular flexibility index (Phi) is 8.18. The van der Waals surface area contributed by atoms with E-state index in [1.807, 2.05) is 42.5 Å². The lowest BCUT2D eigenvalue weighted by Gasteiger charge is -2.26. The van der Waals surface area contributed by atoms with Gasteiger partial charge in [0.05, 0.1) is 22.6 Å². The summed E-state index contributed by atoms with van der Waals surface area (Å²) in [7, 11) is 0. The highest BCUT2D eigenvalue weighted by Gasteiger charge is 2.24. The minimum absolute atomic E-state index is 0.102. The second-order valence-corrected chi connectivity index (χ2v) is 14.2. The molecule has 0 fully saturated rings. The summed E-state index contributed by atoms with van der Waals surface area (Å²) in [6.07, 6.45) is 0.859. The number of hydrogen-bond acceptors (Lipinski definition) is 4. The molecule has 0 aliphatic heterocycles. The first kappa shape index (κ1) is 31.1. The van der Waals surface area contributed by atoms with E-state index in [-0.39, 0.29) is 10.8 Å². The van der Waals surface area contributed by atoms with Crippen LogP contribution in [-0.4, -0.2) is 19.9 Å². The molecule has 0 atom stereocenters. The van der Waals surface area contributed by atoms with Crippen molar-refractivity contribution in [3.05, 3.63) is 156 Å². The smallest absolute Gasteiger partial charge is 0.160 e. The van der Waals surface area contributed by atoms with Gasteiger partial charge in [0.1, 0.15) is 0 Å². The SMILES string of the molecule is CC(C)(C)c1nc(-c2cccc(CC(C)(C)c3cccc(-c4cc(-c5ccccc5)nc(-c5ccccc5)n4)c3)c2)nc2ccccc12. The molecule has 0 radical (unpaired) electrons. The molecule has 2 aromatic heterocycles. The largest absolute Gasteiger partial charge is 0.232 e. The van der Waals surface area contributed by atoms with Crippen LogP contribution in [0, 0.1) is 0 Å². The molecule has 0 saturated carbocycles. The van der Waals surface area contributed by atoms with E-state index in [0.29, 0.717) is 0 Å². The highest BCUT2D eigenvalue weighted by atomic mass is 14.9. The average molecular weight is 625 g/mol. The standard InChI is InChI=1S/C44H40N4/c1-43(2,3)40-36-24-12-13-25-37(36)45-42(48-40)34-22-14-16-30(26-34)29-44(4,5)35-23-15-21-33(27-35)39-28-38(31-17-8-6-9-18-31)46-41(47-39)32-19-10-7-11-20-32/h6-28H,29H2,1-5H3. The monoisotopic (exact) mass is 624 g/mol. The van der Waals surface area contributed by atoms with Gasteiger partial charge < -0.3 is 0 Å². The molecule has 0 aliphatic carbocycles. The van der Waals surface area contributed by atoms with Crippen molar-refractivity contribution in [2.75, 3.05) is 0 Å². The highest BCUT2D eigenvalue weighted by molar-refractivity contribution is 5.83. The predicted octanol–water partition coefficient (Wildman–Crippen LogP) is 10.9. The average Bonchev–Trinajstić information content (AvgIpc) is 3.11. The Bertz CT molecular complexity index is 2160. The molecule has 0 saturated heterocycles. The molecule has 236 valence electrons. The minimum atomic E-state index is -0.146. The van der Waals surface area contributed by atoms with Gasteiger partial charge >= 0.3 is 0 Å². The van der Waals surface area contributed by atoms with Crippen LogP contribution in [0.3, 0.4) is 0 Å². The maximum Gasteiger partial charge on any atom is 0.160 e. The van der Waals surface area contributed by atoms with Crippen molar-refractivity contribution in [3.8, 4) is 45.3 Å². The molecular formula is C44H40N4. The molecule has 0 amide bonds. The Labute approximate surface area is 283 Å². The van der Waals surface area contributed by atoms with Crippen LogP contribution >= 0.6 is 0 Å². The van der Waals surface area contributed by atoms with Gasteiger partial charge in [0.2, 0.25) is 0 Å². The molecule has 5 aromatic carbocycles.